The van der Waals surface area contributed by atoms with Gasteiger partial charge in [-0.15, -0.1) is 11.8 Å². The quantitative estimate of drug-likeness (QED) is 0.745. The van der Waals surface area contributed by atoms with Gasteiger partial charge in [-0.3, -0.25) is 4.98 Å². The standard InChI is InChI=1S/C14H12F3NS/c1-2-19-13-6-4-3-5-11(13)12-8-7-10(9-18-12)14(15,16)17/h3-9H,2H2,1H3. The Labute approximate surface area is 113 Å². The van der Waals surface area contributed by atoms with Gasteiger partial charge in [-0.1, -0.05) is 25.1 Å². The molecule has 0 bridgehead atoms. The van der Waals surface area contributed by atoms with Gasteiger partial charge in [0.1, 0.15) is 0 Å². The number of hydrogen-bond donors (Lipinski definition) is 0. The van der Waals surface area contributed by atoms with Crippen LogP contribution in [0.4, 0.5) is 13.2 Å². The van der Waals surface area contributed by atoms with Crippen LogP contribution in [0.15, 0.2) is 47.5 Å². The van der Waals surface area contributed by atoms with Crippen LogP contribution in [0, 0.1) is 0 Å². The van der Waals surface area contributed by atoms with Crippen LogP contribution in [-0.2, 0) is 6.18 Å². The zero-order valence-electron chi connectivity index (χ0n) is 10.2. The highest BCUT2D eigenvalue weighted by Gasteiger charge is 2.30. The molecule has 0 aliphatic heterocycles. The lowest BCUT2D eigenvalue weighted by atomic mass is 10.1. The molecule has 0 saturated heterocycles. The second kappa shape index (κ2) is 5.65. The summed E-state index contributed by atoms with van der Waals surface area (Å²) in [5.74, 6) is 0.900. The van der Waals surface area contributed by atoms with Crippen molar-refractivity contribution in [1.82, 2.24) is 4.98 Å². The van der Waals surface area contributed by atoms with E-state index in [9.17, 15) is 13.2 Å². The van der Waals surface area contributed by atoms with Crippen LogP contribution >= 0.6 is 11.8 Å². The molecule has 19 heavy (non-hydrogen) atoms. The van der Waals surface area contributed by atoms with E-state index in [1.54, 1.807) is 11.8 Å². The molecule has 0 aliphatic carbocycles. The minimum Gasteiger partial charge on any atom is -0.256 e. The van der Waals surface area contributed by atoms with Crippen molar-refractivity contribution in [3.8, 4) is 11.3 Å². The number of pyridine rings is 1. The minimum atomic E-state index is -4.34. The number of alkyl halides is 3. The van der Waals surface area contributed by atoms with Crippen molar-refractivity contribution in [2.45, 2.75) is 18.0 Å². The van der Waals surface area contributed by atoms with E-state index in [-0.39, 0.29) is 0 Å². The Kier molecular flexibility index (Phi) is 4.14. The SMILES string of the molecule is CCSc1ccccc1-c1ccc(C(F)(F)F)cn1. The Balaban J connectivity index is 2.37. The van der Waals surface area contributed by atoms with Crippen LogP contribution in [0.1, 0.15) is 12.5 Å². The lowest BCUT2D eigenvalue weighted by Gasteiger charge is -2.09. The summed E-state index contributed by atoms with van der Waals surface area (Å²) in [5.41, 5.74) is 0.699. The average Bonchev–Trinajstić information content (AvgIpc) is 2.39. The average molecular weight is 283 g/mol. The highest BCUT2D eigenvalue weighted by atomic mass is 32.2. The van der Waals surface area contributed by atoms with Crippen LogP contribution in [0.3, 0.4) is 0 Å². The van der Waals surface area contributed by atoms with Gasteiger partial charge in [0.2, 0.25) is 0 Å². The number of benzene rings is 1. The predicted molar refractivity (Wildman–Crippen MR) is 71.1 cm³/mol. The molecule has 0 spiro atoms. The zero-order valence-corrected chi connectivity index (χ0v) is 11.1. The molecule has 1 aromatic heterocycles. The molecule has 1 aromatic carbocycles. The van der Waals surface area contributed by atoms with E-state index in [0.29, 0.717) is 5.69 Å². The van der Waals surface area contributed by atoms with E-state index in [2.05, 4.69) is 4.98 Å². The van der Waals surface area contributed by atoms with Crippen molar-refractivity contribution < 1.29 is 13.2 Å². The van der Waals surface area contributed by atoms with Gasteiger partial charge in [0.25, 0.3) is 0 Å². The molecule has 1 heterocycles. The van der Waals surface area contributed by atoms with Crippen LogP contribution in [0.25, 0.3) is 11.3 Å². The first kappa shape index (κ1) is 13.9. The molecule has 0 amide bonds. The third-order valence-corrected chi connectivity index (χ3v) is 3.51. The molecule has 5 heteroatoms. The van der Waals surface area contributed by atoms with Gasteiger partial charge in [-0.25, -0.2) is 0 Å². The summed E-state index contributed by atoms with van der Waals surface area (Å²) < 4.78 is 37.4. The highest BCUT2D eigenvalue weighted by molar-refractivity contribution is 7.99. The number of halogens is 3. The van der Waals surface area contributed by atoms with Crippen molar-refractivity contribution in [2.75, 3.05) is 5.75 Å². The zero-order chi connectivity index (χ0) is 13.9. The van der Waals surface area contributed by atoms with Gasteiger partial charge in [-0.05, 0) is 24.0 Å². The molecule has 0 atom stereocenters. The molecule has 0 radical (unpaired) electrons. The van der Waals surface area contributed by atoms with Crippen LogP contribution in [-0.4, -0.2) is 10.7 Å². The second-order valence-electron chi connectivity index (χ2n) is 3.86. The van der Waals surface area contributed by atoms with Gasteiger partial charge in [0.05, 0.1) is 11.3 Å². The second-order valence-corrected chi connectivity index (χ2v) is 5.16. The normalized spacial score (nSPS) is 11.6. The maximum atomic E-state index is 12.5. The van der Waals surface area contributed by atoms with Gasteiger partial charge >= 0.3 is 6.18 Å². The van der Waals surface area contributed by atoms with Crippen molar-refractivity contribution in [3.05, 3.63) is 48.2 Å². The number of nitrogens with zero attached hydrogens (tertiary/aromatic N) is 1. The molecule has 0 fully saturated rings. The summed E-state index contributed by atoms with van der Waals surface area (Å²) in [4.78, 5) is 4.95. The van der Waals surface area contributed by atoms with Gasteiger partial charge in [0, 0.05) is 16.7 Å². The van der Waals surface area contributed by atoms with E-state index < -0.39 is 11.7 Å². The number of hydrogen-bond acceptors (Lipinski definition) is 2. The smallest absolute Gasteiger partial charge is 0.256 e. The predicted octanol–water partition coefficient (Wildman–Crippen LogP) is 4.88. The van der Waals surface area contributed by atoms with Gasteiger partial charge < -0.3 is 0 Å². The van der Waals surface area contributed by atoms with E-state index in [4.69, 9.17) is 0 Å². The van der Waals surface area contributed by atoms with Crippen LogP contribution in [0.5, 0.6) is 0 Å². The molecule has 1 nitrogen and oxygen atoms in total. The fourth-order valence-corrected chi connectivity index (χ4v) is 2.49. The van der Waals surface area contributed by atoms with E-state index in [1.165, 1.54) is 6.07 Å². The van der Waals surface area contributed by atoms with Crippen LogP contribution < -0.4 is 0 Å². The minimum absolute atomic E-state index is 0.560. The molecule has 0 aliphatic rings. The Morgan fingerprint density at radius 3 is 2.42 bits per heavy atom. The first-order valence-electron chi connectivity index (χ1n) is 5.78. The summed E-state index contributed by atoms with van der Waals surface area (Å²) in [6.07, 6.45) is -3.47. The van der Waals surface area contributed by atoms with E-state index >= 15 is 0 Å². The van der Waals surface area contributed by atoms with Crippen molar-refractivity contribution in [2.24, 2.45) is 0 Å². The molecular weight excluding hydrogens is 271 g/mol. The Morgan fingerprint density at radius 1 is 1.11 bits per heavy atom. The van der Waals surface area contributed by atoms with Gasteiger partial charge in [0.15, 0.2) is 0 Å². The molecular formula is C14H12F3NS. The third kappa shape index (κ3) is 3.29. The third-order valence-electron chi connectivity index (χ3n) is 2.55. The maximum absolute atomic E-state index is 12.5. The number of rotatable bonds is 3. The monoisotopic (exact) mass is 283 g/mol. The first-order valence-corrected chi connectivity index (χ1v) is 6.76. The molecule has 2 aromatic rings. The van der Waals surface area contributed by atoms with E-state index in [0.717, 1.165) is 28.5 Å². The molecule has 0 saturated carbocycles. The van der Waals surface area contributed by atoms with Gasteiger partial charge in [-0.2, -0.15) is 13.2 Å². The maximum Gasteiger partial charge on any atom is 0.417 e. The lowest BCUT2D eigenvalue weighted by molar-refractivity contribution is -0.137. The highest BCUT2D eigenvalue weighted by Crippen LogP contribution is 2.32. The molecule has 0 N–H and O–H groups in total. The fraction of sp³-hybridized carbons (Fsp3) is 0.214. The largest absolute Gasteiger partial charge is 0.417 e. The summed E-state index contributed by atoms with van der Waals surface area (Å²) in [6, 6.07) is 10.1. The summed E-state index contributed by atoms with van der Waals surface area (Å²) in [5, 5.41) is 0. The molecule has 0 unspecified atom stereocenters. The summed E-state index contributed by atoms with van der Waals surface area (Å²) in [7, 11) is 0. The summed E-state index contributed by atoms with van der Waals surface area (Å²) in [6.45, 7) is 2.03. The topological polar surface area (TPSA) is 12.9 Å². The van der Waals surface area contributed by atoms with Crippen molar-refractivity contribution in [1.29, 1.82) is 0 Å². The first-order chi connectivity index (χ1) is 9.02. The Hall–Kier alpha value is -1.49. The van der Waals surface area contributed by atoms with Crippen LogP contribution in [0.2, 0.25) is 0 Å². The fourth-order valence-electron chi connectivity index (χ4n) is 1.68. The summed E-state index contributed by atoms with van der Waals surface area (Å²) >= 11 is 1.64. The Morgan fingerprint density at radius 2 is 1.84 bits per heavy atom. The molecule has 100 valence electrons. The van der Waals surface area contributed by atoms with Crippen molar-refractivity contribution >= 4 is 11.8 Å². The number of thioether (sulfide) groups is 1. The van der Waals surface area contributed by atoms with E-state index in [1.807, 2.05) is 31.2 Å². The van der Waals surface area contributed by atoms with Crippen molar-refractivity contribution in [3.63, 3.8) is 0 Å². The Bertz CT molecular complexity index is 549. The number of aromatic nitrogens is 1. The molecule has 2 rings (SSSR count). The lowest BCUT2D eigenvalue weighted by Crippen LogP contribution is -2.05.